The average molecular weight is 787 g/mol. The highest BCUT2D eigenvalue weighted by Gasteiger charge is 2.51. The molecule has 62 heavy (non-hydrogen) atoms. The van der Waals surface area contributed by atoms with Crippen LogP contribution in [0.4, 0.5) is 51.2 Å². The van der Waals surface area contributed by atoms with Gasteiger partial charge < -0.3 is 24.2 Å². The van der Waals surface area contributed by atoms with Crippen LogP contribution in [0.2, 0.25) is 0 Å². The van der Waals surface area contributed by atoms with Crippen molar-refractivity contribution in [2.45, 2.75) is 0 Å². The molecule has 0 saturated heterocycles. The van der Waals surface area contributed by atoms with Crippen LogP contribution in [-0.4, -0.2) is 20.1 Å². The molecular weight excluding hydrogens is 755 g/mol. The fraction of sp³-hybridized carbons (Fsp3) is 0. The lowest BCUT2D eigenvalue weighted by molar-refractivity contribution is 0.466. The summed E-state index contributed by atoms with van der Waals surface area (Å²) in [6.45, 7) is -0.0781. The zero-order valence-corrected chi connectivity index (χ0v) is 33.4. The number of benzene rings is 9. The Morgan fingerprint density at radius 2 is 0.726 bits per heavy atom. The van der Waals surface area contributed by atoms with Gasteiger partial charge in [-0.1, -0.05) is 115 Å². The van der Waals surface area contributed by atoms with Gasteiger partial charge in [0.15, 0.2) is 0 Å². The van der Waals surface area contributed by atoms with Crippen LogP contribution in [0.25, 0.3) is 0 Å². The van der Waals surface area contributed by atoms with Crippen molar-refractivity contribution in [2.24, 2.45) is 0 Å². The van der Waals surface area contributed by atoms with Gasteiger partial charge in [-0.15, -0.1) is 0 Å². The summed E-state index contributed by atoms with van der Waals surface area (Å²) in [7, 11) is 0. The van der Waals surface area contributed by atoms with Crippen molar-refractivity contribution in [1.29, 1.82) is 0 Å². The summed E-state index contributed by atoms with van der Waals surface area (Å²) in [6.07, 6.45) is 0. The Hall–Kier alpha value is -7.83. The number of rotatable bonds is 2. The lowest BCUT2D eigenvalue weighted by Gasteiger charge is -2.47. The van der Waals surface area contributed by atoms with Crippen LogP contribution >= 0.6 is 0 Å². The minimum absolute atomic E-state index is 0.0274. The van der Waals surface area contributed by atoms with E-state index in [2.05, 4.69) is 209 Å². The molecule has 0 fully saturated rings. The van der Waals surface area contributed by atoms with Crippen LogP contribution in [0.3, 0.4) is 0 Å². The number of nitrogens with zero attached hydrogens (tertiary/aromatic N) is 3. The highest BCUT2D eigenvalue weighted by molar-refractivity contribution is 7.04. The molecule has 6 heterocycles. The van der Waals surface area contributed by atoms with Crippen LogP contribution in [0.15, 0.2) is 194 Å². The van der Waals surface area contributed by atoms with E-state index in [0.29, 0.717) is 0 Å². The highest BCUT2D eigenvalue weighted by Crippen LogP contribution is 2.48. The van der Waals surface area contributed by atoms with E-state index in [1.165, 1.54) is 89.0 Å². The average Bonchev–Trinajstić information content (AvgIpc) is 3.33. The zero-order chi connectivity index (χ0) is 40.2. The molecule has 0 spiro atoms. The van der Waals surface area contributed by atoms with Gasteiger partial charge in [-0.05, 0) is 122 Å². The monoisotopic (exact) mass is 787 g/mol. The first-order chi connectivity index (χ1) is 30.8. The Balaban J connectivity index is 1.02. The second-order valence-corrected chi connectivity index (χ2v) is 17.1. The fourth-order valence-corrected chi connectivity index (χ4v) is 11.8. The molecule has 5 nitrogen and oxygen atoms in total. The number of ether oxygens (including phenoxy) is 2. The third kappa shape index (κ3) is 4.12. The number of hydrogen-bond donors (Lipinski definition) is 0. The third-order valence-electron chi connectivity index (χ3n) is 14.1. The summed E-state index contributed by atoms with van der Waals surface area (Å²) < 4.78 is 14.3. The molecule has 9 aromatic carbocycles. The molecule has 8 heteroatoms. The predicted octanol–water partition coefficient (Wildman–Crippen LogP) is 7.11. The van der Waals surface area contributed by atoms with Gasteiger partial charge in [0, 0.05) is 57.3 Å². The Morgan fingerprint density at radius 1 is 0.274 bits per heavy atom. The van der Waals surface area contributed by atoms with Crippen molar-refractivity contribution < 1.29 is 9.47 Å². The van der Waals surface area contributed by atoms with E-state index in [-0.39, 0.29) is 20.1 Å². The maximum absolute atomic E-state index is 7.37. The minimum atomic E-state index is -0.0764. The highest BCUT2D eigenvalue weighted by atomic mass is 16.5. The van der Waals surface area contributed by atoms with Crippen molar-refractivity contribution >= 4 is 120 Å². The Bertz CT molecular complexity index is 3430. The van der Waals surface area contributed by atoms with Gasteiger partial charge in [-0.2, -0.15) is 0 Å². The fourth-order valence-electron chi connectivity index (χ4n) is 11.8. The number of anilines is 9. The SMILES string of the molecule is c1ccc(N2c3ccccc3B3c4cc5c(cc4N(c4ccccc4)c4cccc2c43)B2c3ccccc3N3c4ccccc4B4c6ccccc6Oc6cc(c2c3c64)O5)cc1. The maximum Gasteiger partial charge on any atom is 0.256 e. The van der Waals surface area contributed by atoms with Crippen LogP contribution < -0.4 is 73.3 Å². The van der Waals surface area contributed by atoms with Gasteiger partial charge in [-0.25, -0.2) is 0 Å². The van der Waals surface area contributed by atoms with Gasteiger partial charge in [0.2, 0.25) is 0 Å². The van der Waals surface area contributed by atoms with Crippen molar-refractivity contribution in [1.82, 2.24) is 0 Å². The smallest absolute Gasteiger partial charge is 0.256 e. The topological polar surface area (TPSA) is 28.2 Å². The standard InChI is InChI=1S/C54H32B3N3O2/c1-3-16-33(17-4-1)58-41-24-11-7-20-35(41)56-39-31-48-40(30-46(39)59(34-18-5-2-6-19-34)45-28-15-27-44(58)51(45)56)57-37-22-9-13-26-43(37)60-42-25-12-8-21-36(42)55-38-23-10-14-29-47(38)61-49-32-50(62-48)53(57)54(60)52(49)55/h1-32H. The summed E-state index contributed by atoms with van der Waals surface area (Å²) >= 11 is 0. The van der Waals surface area contributed by atoms with Crippen LogP contribution in [0.5, 0.6) is 23.0 Å². The Kier molecular flexibility index (Phi) is 6.34. The number of fused-ring (bicyclic) bond motifs is 14. The molecule has 284 valence electrons. The largest absolute Gasteiger partial charge is 0.458 e. The second-order valence-electron chi connectivity index (χ2n) is 17.1. The van der Waals surface area contributed by atoms with Gasteiger partial charge in [0.25, 0.3) is 20.1 Å². The molecule has 6 aliphatic rings. The van der Waals surface area contributed by atoms with Crippen molar-refractivity contribution in [3.8, 4) is 23.0 Å². The first-order valence-corrected chi connectivity index (χ1v) is 21.5. The Labute approximate surface area is 360 Å². The quantitative estimate of drug-likeness (QED) is 0.175. The second kappa shape index (κ2) is 11.9. The van der Waals surface area contributed by atoms with Crippen molar-refractivity contribution in [3.63, 3.8) is 0 Å². The Morgan fingerprint density at radius 3 is 1.34 bits per heavy atom. The third-order valence-corrected chi connectivity index (χ3v) is 14.1. The number of hydrogen-bond acceptors (Lipinski definition) is 5. The summed E-state index contributed by atoms with van der Waals surface area (Å²) in [5, 5.41) is 0. The molecule has 0 atom stereocenters. The van der Waals surface area contributed by atoms with E-state index < -0.39 is 0 Å². The van der Waals surface area contributed by atoms with E-state index in [1.54, 1.807) is 0 Å². The molecule has 0 aromatic heterocycles. The van der Waals surface area contributed by atoms with Gasteiger partial charge in [0.05, 0.1) is 0 Å². The zero-order valence-electron chi connectivity index (χ0n) is 33.4. The molecule has 0 radical (unpaired) electrons. The maximum atomic E-state index is 7.37. The molecule has 6 aliphatic heterocycles. The van der Waals surface area contributed by atoms with E-state index in [0.717, 1.165) is 34.4 Å². The summed E-state index contributed by atoms with van der Waals surface area (Å²) in [4.78, 5) is 7.42. The van der Waals surface area contributed by atoms with E-state index in [1.807, 2.05) is 0 Å². The number of para-hydroxylation sites is 6. The van der Waals surface area contributed by atoms with E-state index in [4.69, 9.17) is 9.47 Å². The van der Waals surface area contributed by atoms with Gasteiger partial charge in [-0.3, -0.25) is 0 Å². The molecule has 0 saturated carbocycles. The minimum Gasteiger partial charge on any atom is -0.458 e. The summed E-state index contributed by atoms with van der Waals surface area (Å²) in [6, 6.07) is 70.9. The first kappa shape index (κ1) is 33.0. The molecule has 0 bridgehead atoms. The lowest BCUT2D eigenvalue weighted by Crippen LogP contribution is -2.67. The van der Waals surface area contributed by atoms with Crippen molar-refractivity contribution in [3.05, 3.63) is 194 Å². The van der Waals surface area contributed by atoms with Crippen molar-refractivity contribution in [2.75, 3.05) is 14.7 Å². The summed E-state index contributed by atoms with van der Waals surface area (Å²) in [5.41, 5.74) is 21.7. The van der Waals surface area contributed by atoms with Crippen LogP contribution in [-0.2, 0) is 0 Å². The van der Waals surface area contributed by atoms with Gasteiger partial charge in [0.1, 0.15) is 23.0 Å². The van der Waals surface area contributed by atoms with Crippen LogP contribution in [0, 0.1) is 0 Å². The predicted molar refractivity (Wildman–Crippen MR) is 257 cm³/mol. The van der Waals surface area contributed by atoms with Gasteiger partial charge >= 0.3 is 0 Å². The van der Waals surface area contributed by atoms with E-state index in [9.17, 15) is 0 Å². The molecule has 0 N–H and O–H groups in total. The molecular formula is C54H32B3N3O2. The molecule has 0 unspecified atom stereocenters. The van der Waals surface area contributed by atoms with Crippen LogP contribution in [0.1, 0.15) is 0 Å². The molecule has 9 aromatic rings. The molecule has 0 amide bonds. The lowest BCUT2D eigenvalue weighted by atomic mass is 9.29. The van der Waals surface area contributed by atoms with E-state index >= 15 is 0 Å². The normalized spacial score (nSPS) is 14.5. The summed E-state index contributed by atoms with van der Waals surface area (Å²) in [5.74, 6) is 3.49. The molecule has 15 rings (SSSR count). The first-order valence-electron chi connectivity index (χ1n) is 21.5. The molecule has 0 aliphatic carbocycles.